The van der Waals surface area contributed by atoms with Crippen LogP contribution in [0, 0.1) is 11.6 Å². The summed E-state index contributed by atoms with van der Waals surface area (Å²) < 4.78 is 32.8. The predicted octanol–water partition coefficient (Wildman–Crippen LogP) is 4.99. The van der Waals surface area contributed by atoms with Gasteiger partial charge in [-0.15, -0.1) is 0 Å². The van der Waals surface area contributed by atoms with Gasteiger partial charge in [-0.2, -0.15) is 0 Å². The third-order valence-electron chi connectivity index (χ3n) is 3.30. The lowest BCUT2D eigenvalue weighted by Gasteiger charge is -2.10. The number of rotatable bonds is 3. The van der Waals surface area contributed by atoms with E-state index in [0.29, 0.717) is 34.4 Å². The molecule has 5 heteroatoms. The number of nitrogens with zero attached hydrogens (tertiary/aromatic N) is 1. The summed E-state index contributed by atoms with van der Waals surface area (Å²) in [5, 5.41) is 0.565. The van der Waals surface area contributed by atoms with Crippen molar-refractivity contribution >= 4 is 23.1 Å². The molecular formula is C18H12ClF2NO. The van der Waals surface area contributed by atoms with Gasteiger partial charge in [0, 0.05) is 22.7 Å². The molecule has 0 unspecified atom stereocenters. The molecule has 1 aliphatic heterocycles. The van der Waals surface area contributed by atoms with Crippen molar-refractivity contribution in [2.24, 2.45) is 4.99 Å². The van der Waals surface area contributed by atoms with E-state index in [9.17, 15) is 8.78 Å². The van der Waals surface area contributed by atoms with Crippen molar-refractivity contribution in [2.45, 2.75) is 0 Å². The fourth-order valence-electron chi connectivity index (χ4n) is 2.23. The first-order valence-corrected chi connectivity index (χ1v) is 7.24. The molecule has 3 rings (SSSR count). The highest BCUT2D eigenvalue weighted by molar-refractivity contribution is 6.30. The smallest absolute Gasteiger partial charge is 0.215 e. The van der Waals surface area contributed by atoms with Gasteiger partial charge in [-0.1, -0.05) is 30.3 Å². The Morgan fingerprint density at radius 1 is 1.17 bits per heavy atom. The Bertz CT molecular complexity index is 825. The van der Waals surface area contributed by atoms with Crippen LogP contribution in [-0.4, -0.2) is 12.4 Å². The van der Waals surface area contributed by atoms with E-state index in [1.165, 1.54) is 12.1 Å². The summed E-state index contributed by atoms with van der Waals surface area (Å²) in [6.07, 6.45) is 1.61. The molecule has 2 nitrogen and oxygen atoms in total. The van der Waals surface area contributed by atoms with Crippen LogP contribution in [0.2, 0.25) is 5.02 Å². The Kier molecular flexibility index (Phi) is 4.26. The highest BCUT2D eigenvalue weighted by atomic mass is 35.5. The lowest BCUT2D eigenvalue weighted by Crippen LogP contribution is -1.99. The molecule has 0 bridgehead atoms. The lowest BCUT2D eigenvalue weighted by molar-refractivity contribution is 0.444. The van der Waals surface area contributed by atoms with Gasteiger partial charge in [0.1, 0.15) is 23.9 Å². The average Bonchev–Trinajstić information content (AvgIpc) is 2.92. The quantitative estimate of drug-likeness (QED) is 0.776. The molecule has 0 amide bonds. The summed E-state index contributed by atoms with van der Waals surface area (Å²) in [6.45, 7) is 4.06. The van der Waals surface area contributed by atoms with Gasteiger partial charge in [0.25, 0.3) is 0 Å². The van der Waals surface area contributed by atoms with Gasteiger partial charge in [-0.25, -0.2) is 13.8 Å². The van der Waals surface area contributed by atoms with Crippen LogP contribution in [0.3, 0.4) is 0 Å². The maximum absolute atomic E-state index is 14.2. The Morgan fingerprint density at radius 3 is 2.52 bits per heavy atom. The normalized spacial score (nSPS) is 14.7. The molecule has 0 aliphatic carbocycles. The Labute approximate surface area is 137 Å². The third kappa shape index (κ3) is 3.48. The molecule has 0 saturated heterocycles. The second-order valence-electron chi connectivity index (χ2n) is 4.98. The van der Waals surface area contributed by atoms with Crippen LogP contribution >= 0.6 is 11.6 Å². The fourth-order valence-corrected chi connectivity index (χ4v) is 2.36. The lowest BCUT2D eigenvalue weighted by atomic mass is 9.97. The molecule has 0 spiro atoms. The number of hydrogen-bond acceptors (Lipinski definition) is 2. The number of benzene rings is 2. The summed E-state index contributed by atoms with van der Waals surface area (Å²) in [4.78, 5) is 4.17. The Morgan fingerprint density at radius 2 is 1.91 bits per heavy atom. The minimum Gasteiger partial charge on any atom is -0.442 e. The minimum atomic E-state index is -0.663. The van der Waals surface area contributed by atoms with E-state index < -0.39 is 11.6 Å². The maximum atomic E-state index is 14.2. The minimum absolute atomic E-state index is 0.248. The topological polar surface area (TPSA) is 21.6 Å². The highest BCUT2D eigenvalue weighted by Crippen LogP contribution is 2.28. The first-order chi connectivity index (χ1) is 11.0. The molecule has 2 aromatic carbocycles. The van der Waals surface area contributed by atoms with Crippen molar-refractivity contribution in [3.63, 3.8) is 0 Å². The first-order valence-electron chi connectivity index (χ1n) is 6.86. The highest BCUT2D eigenvalue weighted by Gasteiger charge is 2.15. The van der Waals surface area contributed by atoms with Crippen molar-refractivity contribution < 1.29 is 13.5 Å². The summed E-state index contributed by atoms with van der Waals surface area (Å²) in [5.41, 5.74) is 1.48. The van der Waals surface area contributed by atoms with E-state index in [4.69, 9.17) is 16.3 Å². The van der Waals surface area contributed by atoms with E-state index >= 15 is 0 Å². The van der Waals surface area contributed by atoms with Gasteiger partial charge in [0.2, 0.25) is 5.90 Å². The third-order valence-corrected chi connectivity index (χ3v) is 3.56. The van der Waals surface area contributed by atoms with Gasteiger partial charge in [0.15, 0.2) is 0 Å². The number of ether oxygens (including phenoxy) is 1. The molecule has 23 heavy (non-hydrogen) atoms. The van der Waals surface area contributed by atoms with Crippen LogP contribution < -0.4 is 0 Å². The Balaban J connectivity index is 2.11. The molecule has 0 fully saturated rings. The van der Waals surface area contributed by atoms with E-state index in [-0.39, 0.29) is 5.56 Å². The van der Waals surface area contributed by atoms with Crippen molar-refractivity contribution in [1.29, 1.82) is 0 Å². The van der Waals surface area contributed by atoms with Crippen molar-refractivity contribution in [2.75, 3.05) is 6.54 Å². The zero-order valence-electron chi connectivity index (χ0n) is 12.0. The zero-order valence-corrected chi connectivity index (χ0v) is 12.8. The largest absolute Gasteiger partial charge is 0.442 e. The van der Waals surface area contributed by atoms with Crippen LogP contribution in [0.25, 0.3) is 5.57 Å². The number of aliphatic imine (C=N–C) groups is 1. The summed E-state index contributed by atoms with van der Waals surface area (Å²) in [6, 6.07) is 10.3. The molecule has 1 aliphatic rings. The first kappa shape index (κ1) is 15.4. The van der Waals surface area contributed by atoms with E-state index in [1.54, 1.807) is 30.3 Å². The van der Waals surface area contributed by atoms with E-state index in [0.717, 1.165) is 6.07 Å². The van der Waals surface area contributed by atoms with Gasteiger partial charge in [-0.05, 0) is 35.4 Å². The zero-order chi connectivity index (χ0) is 16.4. The molecular weight excluding hydrogens is 320 g/mol. The maximum Gasteiger partial charge on any atom is 0.215 e. The SMILES string of the molecule is C=C1CN=C(/C=C(\c2ccc(Cl)cc2)c2ccc(F)cc2F)O1. The molecule has 116 valence electrons. The molecule has 1 heterocycles. The standard InChI is InChI=1S/C18H12ClF2NO/c1-11-10-22-18(23-11)9-16(12-2-4-13(19)5-3-12)15-7-6-14(20)8-17(15)21/h2-9H,1,10H2/b16-9+. The monoisotopic (exact) mass is 331 g/mol. The summed E-state index contributed by atoms with van der Waals surface area (Å²) >= 11 is 5.90. The fraction of sp³-hybridized carbons (Fsp3) is 0.0556. The van der Waals surface area contributed by atoms with Gasteiger partial charge >= 0.3 is 0 Å². The molecule has 0 N–H and O–H groups in total. The van der Waals surface area contributed by atoms with Crippen molar-refractivity contribution in [3.8, 4) is 0 Å². The molecule has 2 aromatic rings. The predicted molar refractivity (Wildman–Crippen MR) is 87.4 cm³/mol. The Hall–Kier alpha value is -2.46. The van der Waals surface area contributed by atoms with Crippen LogP contribution in [0.5, 0.6) is 0 Å². The van der Waals surface area contributed by atoms with Crippen LogP contribution in [-0.2, 0) is 4.74 Å². The summed E-state index contributed by atoms with van der Waals surface area (Å²) in [7, 11) is 0. The average molecular weight is 332 g/mol. The van der Waals surface area contributed by atoms with Crippen LogP contribution in [0.4, 0.5) is 8.78 Å². The molecule has 0 radical (unpaired) electrons. The van der Waals surface area contributed by atoms with Crippen molar-refractivity contribution in [1.82, 2.24) is 0 Å². The van der Waals surface area contributed by atoms with Crippen LogP contribution in [0.1, 0.15) is 11.1 Å². The van der Waals surface area contributed by atoms with Crippen molar-refractivity contribution in [3.05, 3.63) is 88.7 Å². The van der Waals surface area contributed by atoms with Gasteiger partial charge < -0.3 is 4.74 Å². The molecule has 0 saturated carbocycles. The van der Waals surface area contributed by atoms with Crippen LogP contribution in [0.15, 0.2) is 65.9 Å². The molecule has 0 aromatic heterocycles. The van der Waals surface area contributed by atoms with E-state index in [1.807, 2.05) is 0 Å². The summed E-state index contributed by atoms with van der Waals surface area (Å²) in [5.74, 6) is -0.442. The second-order valence-corrected chi connectivity index (χ2v) is 5.42. The van der Waals surface area contributed by atoms with E-state index in [2.05, 4.69) is 11.6 Å². The number of hydrogen-bond donors (Lipinski definition) is 0. The second kappa shape index (κ2) is 6.34. The van der Waals surface area contributed by atoms with Gasteiger partial charge in [0.05, 0.1) is 0 Å². The van der Waals surface area contributed by atoms with Gasteiger partial charge in [-0.3, -0.25) is 0 Å². The molecule has 0 atom stereocenters. The number of halogens is 3.